The van der Waals surface area contributed by atoms with Crippen LogP contribution in [-0.4, -0.2) is 32.8 Å². The van der Waals surface area contributed by atoms with E-state index in [2.05, 4.69) is 99.6 Å². The summed E-state index contributed by atoms with van der Waals surface area (Å²) in [6.07, 6.45) is 2.04. The number of benzene rings is 6. The van der Waals surface area contributed by atoms with Gasteiger partial charge in [-0.15, -0.1) is 29.5 Å². The number of thiophene rings is 1. The molecule has 0 aliphatic rings. The standard InChI is InChI=1S/C36H19FN3OS.C14H16GeN.Ir/c37-27-20-29(21-9-2-1-3-10-21)38-33-24-12-8-13-25(34(24)41-35(27)33)36-39-28-14-5-6-15-30(28)40(36)22-17-18-32-26(19-22)23-11-4-7-16-31(23)42-32;1-15(2,3)13-9-10-14(16-11-13)12-7-5-4-6-8-12;/h1-12,14-20H;4-7,9-11H,1-3H3;/q2*-1;. The third kappa shape index (κ3) is 7.21. The molecule has 9 heteroatoms. The van der Waals surface area contributed by atoms with E-state index in [0.29, 0.717) is 33.6 Å². The molecule has 11 rings (SSSR count). The van der Waals surface area contributed by atoms with Gasteiger partial charge in [0.1, 0.15) is 5.52 Å². The summed E-state index contributed by atoms with van der Waals surface area (Å²) in [6.45, 7) is 0. The van der Waals surface area contributed by atoms with Gasteiger partial charge in [-0.3, -0.25) is 4.98 Å². The van der Waals surface area contributed by atoms with E-state index in [1.54, 1.807) is 11.3 Å². The zero-order chi connectivity index (χ0) is 39.4. The fraction of sp³-hybridized carbons (Fsp3) is 0.0600. The normalized spacial score (nSPS) is 11.6. The van der Waals surface area contributed by atoms with E-state index in [4.69, 9.17) is 14.4 Å². The SMILES string of the molecule is Fc1cc(-c2ccccc2)nc2c1oc1c(-c3nc4ccccc4n3-c3ccc4sc5ccccc5c4c3)[c-]ccc12.[CH3][Ge]([CH3])([CH3])[c]1ccc(-c2[c-]cccc2)nc1.[Ir]. The number of imidazole rings is 1. The summed E-state index contributed by atoms with van der Waals surface area (Å²) in [5.74, 6) is 7.36. The fourth-order valence-electron chi connectivity index (χ4n) is 7.44. The quantitative estimate of drug-likeness (QED) is 0.127. The Morgan fingerprint density at radius 2 is 1.44 bits per heavy atom. The molecule has 0 bridgehead atoms. The zero-order valence-corrected chi connectivity index (χ0v) is 37.6. The third-order valence-electron chi connectivity index (χ3n) is 10.4. The van der Waals surface area contributed by atoms with Crippen molar-refractivity contribution in [1.82, 2.24) is 19.5 Å². The maximum atomic E-state index is 15.5. The van der Waals surface area contributed by atoms with Gasteiger partial charge in [-0.05, 0) is 41.8 Å². The second kappa shape index (κ2) is 15.8. The Balaban J connectivity index is 0.000000224. The number of rotatable bonds is 5. The molecule has 0 N–H and O–H groups in total. The van der Waals surface area contributed by atoms with Gasteiger partial charge in [-0.1, -0.05) is 66.2 Å². The smallest absolute Gasteiger partial charge is 0 e. The first-order valence-electron chi connectivity index (χ1n) is 19.1. The van der Waals surface area contributed by atoms with E-state index in [0.717, 1.165) is 33.5 Å². The van der Waals surface area contributed by atoms with Crippen molar-refractivity contribution in [2.24, 2.45) is 0 Å². The first kappa shape index (κ1) is 38.7. The van der Waals surface area contributed by atoms with Gasteiger partial charge < -0.3 is 8.98 Å². The largest absolute Gasteiger partial charge is 0 e. The average Bonchev–Trinajstić information content (AvgIpc) is 3.96. The molecular formula is C50H35FGeIrN4OS-2. The Kier molecular flexibility index (Phi) is 10.4. The summed E-state index contributed by atoms with van der Waals surface area (Å²) in [5.41, 5.74) is 8.02. The number of nitrogens with zero attached hydrogens (tertiary/aromatic N) is 4. The van der Waals surface area contributed by atoms with E-state index in [-0.39, 0.29) is 25.7 Å². The van der Waals surface area contributed by atoms with Crippen LogP contribution in [0.3, 0.4) is 0 Å². The van der Waals surface area contributed by atoms with Crippen LogP contribution in [0, 0.1) is 17.9 Å². The van der Waals surface area contributed by atoms with Gasteiger partial charge in [0.2, 0.25) is 0 Å². The van der Waals surface area contributed by atoms with Gasteiger partial charge in [0.05, 0.1) is 28.1 Å². The van der Waals surface area contributed by atoms with E-state index in [1.165, 1.54) is 30.6 Å². The monoisotopic (exact) mass is 1030 g/mol. The molecule has 0 unspecified atom stereocenters. The summed E-state index contributed by atoms with van der Waals surface area (Å²) in [5, 5.41) is 3.14. The molecule has 1 radical (unpaired) electrons. The third-order valence-corrected chi connectivity index (χ3v) is 15.8. The van der Waals surface area contributed by atoms with E-state index >= 15 is 4.39 Å². The van der Waals surface area contributed by atoms with Crippen molar-refractivity contribution in [2.75, 3.05) is 0 Å². The number of halogens is 1. The number of hydrogen-bond donors (Lipinski definition) is 0. The van der Waals surface area contributed by atoms with Crippen LogP contribution in [0.5, 0.6) is 0 Å². The van der Waals surface area contributed by atoms with Crippen molar-refractivity contribution in [2.45, 2.75) is 17.3 Å². The fourth-order valence-corrected chi connectivity index (χ4v) is 10.7. The maximum Gasteiger partial charge on any atom is 0 e. The molecule has 11 aromatic rings. The molecule has 0 aliphatic carbocycles. The summed E-state index contributed by atoms with van der Waals surface area (Å²) in [6, 6.07) is 56.6. The molecule has 5 heterocycles. The van der Waals surface area contributed by atoms with Crippen LogP contribution in [0.25, 0.3) is 92.9 Å². The molecule has 0 saturated heterocycles. The number of para-hydroxylation sites is 2. The molecule has 5 aromatic heterocycles. The van der Waals surface area contributed by atoms with Gasteiger partial charge in [0.15, 0.2) is 11.4 Å². The van der Waals surface area contributed by atoms with Crippen molar-refractivity contribution >= 4 is 82.3 Å². The van der Waals surface area contributed by atoms with Crippen LogP contribution in [-0.2, 0) is 20.1 Å². The predicted octanol–water partition coefficient (Wildman–Crippen LogP) is 13.1. The maximum absolute atomic E-state index is 15.5. The molecule has 59 heavy (non-hydrogen) atoms. The molecule has 0 aliphatic heterocycles. The molecule has 289 valence electrons. The second-order valence-corrected chi connectivity index (χ2v) is 27.0. The van der Waals surface area contributed by atoms with Gasteiger partial charge in [0, 0.05) is 57.6 Å². The summed E-state index contributed by atoms with van der Waals surface area (Å²) in [4.78, 5) is 14.4. The zero-order valence-electron chi connectivity index (χ0n) is 32.3. The van der Waals surface area contributed by atoms with Crippen molar-refractivity contribution in [3.05, 3.63) is 176 Å². The molecule has 0 saturated carbocycles. The second-order valence-electron chi connectivity index (χ2n) is 15.2. The molecule has 0 fully saturated rings. The van der Waals surface area contributed by atoms with Gasteiger partial charge in [-0.25, -0.2) is 9.37 Å². The number of fused-ring (bicyclic) bond motifs is 7. The van der Waals surface area contributed by atoms with Gasteiger partial charge in [-0.2, -0.15) is 0 Å². The van der Waals surface area contributed by atoms with E-state index in [9.17, 15) is 0 Å². The van der Waals surface area contributed by atoms with E-state index < -0.39 is 19.1 Å². The molecule has 5 nitrogen and oxygen atoms in total. The number of aromatic nitrogens is 4. The van der Waals surface area contributed by atoms with Crippen LogP contribution in [0.4, 0.5) is 4.39 Å². The minimum atomic E-state index is -1.72. The summed E-state index contributed by atoms with van der Waals surface area (Å²) in [7, 11) is 0. The van der Waals surface area contributed by atoms with E-state index in [1.807, 2.05) is 91.1 Å². The summed E-state index contributed by atoms with van der Waals surface area (Å²) >= 11 is 0.0725. The Labute approximate surface area is 360 Å². The molecule has 0 amide bonds. The van der Waals surface area contributed by atoms with Crippen molar-refractivity contribution < 1.29 is 28.9 Å². The Bertz CT molecular complexity index is 3280. The Morgan fingerprint density at radius 3 is 2.24 bits per heavy atom. The first-order chi connectivity index (χ1) is 28.3. The van der Waals surface area contributed by atoms with Crippen molar-refractivity contribution in [3.8, 4) is 39.6 Å². The number of hydrogen-bond acceptors (Lipinski definition) is 5. The van der Waals surface area contributed by atoms with Crippen LogP contribution in [0.2, 0.25) is 17.3 Å². The van der Waals surface area contributed by atoms with Crippen LogP contribution >= 0.6 is 11.3 Å². The minimum Gasteiger partial charge on any atom is 0 e. The first-order valence-corrected chi connectivity index (χ1v) is 27.3. The van der Waals surface area contributed by atoms with Gasteiger partial charge in [0.25, 0.3) is 0 Å². The van der Waals surface area contributed by atoms with Crippen molar-refractivity contribution in [3.63, 3.8) is 0 Å². The van der Waals surface area contributed by atoms with Gasteiger partial charge >= 0.3 is 99.8 Å². The van der Waals surface area contributed by atoms with Crippen LogP contribution in [0.15, 0.2) is 162 Å². The van der Waals surface area contributed by atoms with Crippen molar-refractivity contribution in [1.29, 1.82) is 0 Å². The molecular weight excluding hydrogens is 988 g/mol. The average molecular weight is 1020 g/mol. The van der Waals surface area contributed by atoms with Crippen LogP contribution < -0.4 is 4.40 Å². The molecule has 0 atom stereocenters. The topological polar surface area (TPSA) is 56.7 Å². The summed E-state index contributed by atoms with van der Waals surface area (Å²) < 4.78 is 27.8. The number of pyridine rings is 2. The van der Waals surface area contributed by atoms with Crippen LogP contribution in [0.1, 0.15) is 0 Å². The number of furan rings is 1. The Morgan fingerprint density at radius 1 is 0.661 bits per heavy atom. The predicted molar refractivity (Wildman–Crippen MR) is 240 cm³/mol. The minimum absolute atomic E-state index is 0. The molecule has 0 spiro atoms. The Hall–Kier alpha value is -5.77. The molecule has 6 aromatic carbocycles.